The maximum atomic E-state index is 12.0. The number of amides is 1. The van der Waals surface area contributed by atoms with Gasteiger partial charge in [0.25, 0.3) is 5.91 Å². The summed E-state index contributed by atoms with van der Waals surface area (Å²) < 4.78 is 11.4. The Balaban J connectivity index is 1.73. The molecule has 0 spiro atoms. The van der Waals surface area contributed by atoms with Crippen molar-refractivity contribution in [3.63, 3.8) is 0 Å². The van der Waals surface area contributed by atoms with E-state index in [2.05, 4.69) is 26.5 Å². The molecule has 0 fully saturated rings. The van der Waals surface area contributed by atoms with E-state index in [4.69, 9.17) is 9.47 Å². The summed E-state index contributed by atoms with van der Waals surface area (Å²) >= 11 is 3.33. The first-order valence-corrected chi connectivity index (χ1v) is 7.43. The van der Waals surface area contributed by atoms with Gasteiger partial charge in [-0.3, -0.25) is 4.79 Å². The average Bonchev–Trinajstić information content (AvgIpc) is 2.99. The topological polar surface area (TPSA) is 59.9 Å². The number of nitrogens with zero attached hydrogens (tertiary/aromatic N) is 1. The van der Waals surface area contributed by atoms with Gasteiger partial charge in [0.2, 0.25) is 6.79 Å². The number of hydrogen-bond donors (Lipinski definition) is 1. The highest BCUT2D eigenvalue weighted by molar-refractivity contribution is 9.10. The molecule has 0 bridgehead atoms. The molecule has 0 saturated carbocycles. The molecule has 22 heavy (non-hydrogen) atoms. The van der Waals surface area contributed by atoms with Gasteiger partial charge in [-0.2, -0.15) is 5.10 Å². The van der Waals surface area contributed by atoms with Crippen LogP contribution < -0.4 is 14.9 Å². The molecule has 112 valence electrons. The van der Waals surface area contributed by atoms with Gasteiger partial charge in [0.15, 0.2) is 11.5 Å². The van der Waals surface area contributed by atoms with E-state index in [-0.39, 0.29) is 12.7 Å². The normalized spacial score (nSPS) is 13.1. The summed E-state index contributed by atoms with van der Waals surface area (Å²) in [5.74, 6) is 1.14. The van der Waals surface area contributed by atoms with E-state index in [1.54, 1.807) is 18.2 Å². The third-order valence-electron chi connectivity index (χ3n) is 3.20. The van der Waals surface area contributed by atoms with E-state index in [1.165, 1.54) is 0 Å². The number of carbonyl (C=O) groups excluding carboxylic acids is 1. The zero-order chi connectivity index (χ0) is 15.5. The molecule has 0 aliphatic carbocycles. The molecule has 3 rings (SSSR count). The second-order valence-electron chi connectivity index (χ2n) is 4.72. The van der Waals surface area contributed by atoms with E-state index in [0.717, 1.165) is 15.8 Å². The highest BCUT2D eigenvalue weighted by Crippen LogP contribution is 2.32. The minimum Gasteiger partial charge on any atom is -0.454 e. The van der Waals surface area contributed by atoms with E-state index in [1.807, 2.05) is 31.2 Å². The smallest absolute Gasteiger partial charge is 0.271 e. The quantitative estimate of drug-likeness (QED) is 0.674. The van der Waals surface area contributed by atoms with Gasteiger partial charge in [0.05, 0.1) is 5.71 Å². The maximum Gasteiger partial charge on any atom is 0.271 e. The molecule has 0 unspecified atom stereocenters. The molecule has 0 aromatic heterocycles. The Kier molecular flexibility index (Phi) is 4.11. The standard InChI is InChI=1S/C16H13BrN2O3/c1-10(11-5-6-14-15(8-11)22-9-21-14)18-19-16(20)12-3-2-4-13(17)7-12/h2-8H,9H2,1H3,(H,19,20). The molecule has 0 atom stereocenters. The van der Waals surface area contributed by atoms with E-state index < -0.39 is 0 Å². The Morgan fingerprint density at radius 1 is 1.14 bits per heavy atom. The van der Waals surface area contributed by atoms with Crippen LogP contribution in [0.4, 0.5) is 0 Å². The third-order valence-corrected chi connectivity index (χ3v) is 3.70. The Morgan fingerprint density at radius 3 is 2.77 bits per heavy atom. The van der Waals surface area contributed by atoms with Crippen molar-refractivity contribution in [1.82, 2.24) is 5.43 Å². The van der Waals surface area contributed by atoms with Crippen LogP contribution in [-0.2, 0) is 0 Å². The minimum absolute atomic E-state index is 0.231. The predicted molar refractivity (Wildman–Crippen MR) is 86.4 cm³/mol. The van der Waals surface area contributed by atoms with Crippen LogP contribution in [0.3, 0.4) is 0 Å². The van der Waals surface area contributed by atoms with Crippen LogP contribution in [0.15, 0.2) is 52.0 Å². The van der Waals surface area contributed by atoms with E-state index in [9.17, 15) is 4.79 Å². The molecule has 0 radical (unpaired) electrons. The number of benzene rings is 2. The average molecular weight is 361 g/mol. The molecule has 1 aliphatic rings. The number of hydrogen-bond acceptors (Lipinski definition) is 4. The number of rotatable bonds is 3. The van der Waals surface area contributed by atoms with Crippen molar-refractivity contribution < 1.29 is 14.3 Å². The van der Waals surface area contributed by atoms with Crippen molar-refractivity contribution in [2.75, 3.05) is 6.79 Å². The van der Waals surface area contributed by atoms with Gasteiger partial charge in [0.1, 0.15) is 0 Å². The maximum absolute atomic E-state index is 12.0. The summed E-state index contributed by atoms with van der Waals surface area (Å²) in [7, 11) is 0. The Hall–Kier alpha value is -2.34. The zero-order valence-electron chi connectivity index (χ0n) is 11.8. The van der Waals surface area contributed by atoms with Crippen LogP contribution in [0.2, 0.25) is 0 Å². The van der Waals surface area contributed by atoms with Gasteiger partial charge < -0.3 is 9.47 Å². The fraction of sp³-hybridized carbons (Fsp3) is 0.125. The van der Waals surface area contributed by atoms with Crippen LogP contribution in [-0.4, -0.2) is 18.4 Å². The van der Waals surface area contributed by atoms with Crippen molar-refractivity contribution in [2.24, 2.45) is 5.10 Å². The SMILES string of the molecule is CC(=NNC(=O)c1cccc(Br)c1)c1ccc2c(c1)OCO2. The second-order valence-corrected chi connectivity index (χ2v) is 5.63. The Labute approximate surface area is 136 Å². The zero-order valence-corrected chi connectivity index (χ0v) is 13.4. The van der Waals surface area contributed by atoms with Crippen LogP contribution in [0.1, 0.15) is 22.8 Å². The van der Waals surface area contributed by atoms with Crippen molar-refractivity contribution in [1.29, 1.82) is 0 Å². The Morgan fingerprint density at radius 2 is 1.95 bits per heavy atom. The van der Waals surface area contributed by atoms with E-state index in [0.29, 0.717) is 17.0 Å². The Bertz CT molecular complexity index is 759. The first kappa shape index (κ1) is 14.6. The molecular formula is C16H13BrN2O3. The first-order valence-electron chi connectivity index (χ1n) is 6.64. The van der Waals surface area contributed by atoms with Crippen LogP contribution in [0.5, 0.6) is 11.5 Å². The number of fused-ring (bicyclic) bond motifs is 1. The highest BCUT2D eigenvalue weighted by Gasteiger charge is 2.14. The lowest BCUT2D eigenvalue weighted by Gasteiger charge is -2.04. The minimum atomic E-state index is -0.263. The van der Waals surface area contributed by atoms with Crippen molar-refractivity contribution in [3.8, 4) is 11.5 Å². The number of halogens is 1. The highest BCUT2D eigenvalue weighted by atomic mass is 79.9. The largest absolute Gasteiger partial charge is 0.454 e. The first-order chi connectivity index (χ1) is 10.6. The third kappa shape index (κ3) is 3.12. The number of carbonyl (C=O) groups is 1. The van der Waals surface area contributed by atoms with Gasteiger partial charge >= 0.3 is 0 Å². The fourth-order valence-corrected chi connectivity index (χ4v) is 2.41. The molecule has 5 nitrogen and oxygen atoms in total. The molecule has 1 N–H and O–H groups in total. The summed E-state index contributed by atoms with van der Waals surface area (Å²) in [6.45, 7) is 2.05. The summed E-state index contributed by atoms with van der Waals surface area (Å²) in [4.78, 5) is 12.0. The monoisotopic (exact) mass is 360 g/mol. The molecule has 6 heteroatoms. The molecule has 1 heterocycles. The molecule has 1 aliphatic heterocycles. The fourth-order valence-electron chi connectivity index (χ4n) is 2.02. The van der Waals surface area contributed by atoms with Crippen LogP contribution >= 0.6 is 15.9 Å². The molecule has 1 amide bonds. The van der Waals surface area contributed by atoms with Crippen molar-refractivity contribution in [3.05, 3.63) is 58.1 Å². The lowest BCUT2D eigenvalue weighted by molar-refractivity contribution is 0.0954. The predicted octanol–water partition coefficient (Wildman–Crippen LogP) is 3.33. The van der Waals surface area contributed by atoms with E-state index >= 15 is 0 Å². The summed E-state index contributed by atoms with van der Waals surface area (Å²) in [6.07, 6.45) is 0. The second kappa shape index (κ2) is 6.19. The van der Waals surface area contributed by atoms with Gasteiger partial charge in [-0.1, -0.05) is 22.0 Å². The van der Waals surface area contributed by atoms with Gasteiger partial charge in [-0.15, -0.1) is 0 Å². The van der Waals surface area contributed by atoms with Gasteiger partial charge in [0, 0.05) is 15.6 Å². The van der Waals surface area contributed by atoms with Crippen LogP contribution in [0, 0.1) is 0 Å². The lowest BCUT2D eigenvalue weighted by Crippen LogP contribution is -2.19. The number of hydrazone groups is 1. The van der Waals surface area contributed by atoms with Crippen molar-refractivity contribution >= 4 is 27.5 Å². The lowest BCUT2D eigenvalue weighted by atomic mass is 10.1. The van der Waals surface area contributed by atoms with Gasteiger partial charge in [-0.05, 0) is 43.3 Å². The molecular weight excluding hydrogens is 348 g/mol. The summed E-state index contributed by atoms with van der Waals surface area (Å²) in [6, 6.07) is 12.7. The molecule has 2 aromatic carbocycles. The van der Waals surface area contributed by atoms with Crippen LogP contribution in [0.25, 0.3) is 0 Å². The van der Waals surface area contributed by atoms with Gasteiger partial charge in [-0.25, -0.2) is 5.43 Å². The molecule has 2 aromatic rings. The molecule has 0 saturated heterocycles. The van der Waals surface area contributed by atoms with Crippen molar-refractivity contribution in [2.45, 2.75) is 6.92 Å². The summed E-state index contributed by atoms with van der Waals surface area (Å²) in [5.41, 5.74) is 4.63. The number of ether oxygens (including phenoxy) is 2. The summed E-state index contributed by atoms with van der Waals surface area (Å²) in [5, 5.41) is 4.13. The number of nitrogens with one attached hydrogen (secondary N) is 1.